The van der Waals surface area contributed by atoms with Crippen LogP contribution in [0.5, 0.6) is 0 Å². The van der Waals surface area contributed by atoms with E-state index >= 15 is 0 Å². The molecule has 2 bridgehead atoms. The second-order valence-electron chi connectivity index (χ2n) is 9.32. The number of fused-ring (bicyclic) bond motifs is 2. The van der Waals surface area contributed by atoms with Crippen LogP contribution >= 0.6 is 0 Å². The summed E-state index contributed by atoms with van der Waals surface area (Å²) in [7, 11) is -3.38. The highest BCUT2D eigenvalue weighted by Crippen LogP contribution is 2.66. The highest BCUT2D eigenvalue weighted by Gasteiger charge is 2.60. The molecule has 0 radical (unpaired) electrons. The Balaban J connectivity index is 1.40. The van der Waals surface area contributed by atoms with Crippen molar-refractivity contribution in [2.24, 2.45) is 16.7 Å². The van der Waals surface area contributed by atoms with Gasteiger partial charge in [0.2, 0.25) is 10.0 Å². The number of alkyl halides is 3. The summed E-state index contributed by atoms with van der Waals surface area (Å²) in [6.07, 6.45) is 0.631. The zero-order valence-corrected chi connectivity index (χ0v) is 17.7. The van der Waals surface area contributed by atoms with Crippen LogP contribution in [0.2, 0.25) is 0 Å². The molecular formula is C20H28F3N3O2S. The molecule has 2 heterocycles. The van der Waals surface area contributed by atoms with Crippen LogP contribution in [0.25, 0.3) is 0 Å². The number of piperazine rings is 1. The average molecular weight is 432 g/mol. The monoisotopic (exact) mass is 431 g/mol. The zero-order chi connectivity index (χ0) is 21.1. The van der Waals surface area contributed by atoms with Gasteiger partial charge in [-0.2, -0.15) is 17.5 Å². The lowest BCUT2D eigenvalue weighted by molar-refractivity contribution is -0.137. The average Bonchev–Trinajstić information content (AvgIpc) is 3.04. The van der Waals surface area contributed by atoms with Gasteiger partial charge in [0.05, 0.1) is 11.3 Å². The maximum Gasteiger partial charge on any atom is 0.417 e. The van der Waals surface area contributed by atoms with Gasteiger partial charge < -0.3 is 4.90 Å². The van der Waals surface area contributed by atoms with Gasteiger partial charge in [-0.1, -0.05) is 13.8 Å². The van der Waals surface area contributed by atoms with Crippen LogP contribution in [-0.4, -0.2) is 49.6 Å². The van der Waals surface area contributed by atoms with E-state index in [1.165, 1.54) is 6.07 Å². The zero-order valence-electron chi connectivity index (χ0n) is 16.9. The fraction of sp³-hybridized carbons (Fsp3) is 0.750. The van der Waals surface area contributed by atoms with Gasteiger partial charge in [-0.05, 0) is 54.6 Å². The Kier molecular flexibility index (Phi) is 4.93. The van der Waals surface area contributed by atoms with Crippen molar-refractivity contribution < 1.29 is 21.6 Å². The summed E-state index contributed by atoms with van der Waals surface area (Å²) >= 11 is 0. The van der Waals surface area contributed by atoms with Crippen molar-refractivity contribution >= 4 is 15.8 Å². The first-order chi connectivity index (χ1) is 13.4. The van der Waals surface area contributed by atoms with Gasteiger partial charge in [-0.15, -0.1) is 0 Å². The first-order valence-corrected chi connectivity index (χ1v) is 11.8. The summed E-state index contributed by atoms with van der Waals surface area (Å²) in [5.41, 5.74) is -0.843. The fourth-order valence-corrected chi connectivity index (χ4v) is 7.94. The third-order valence-electron chi connectivity index (χ3n) is 7.82. The molecule has 162 valence electrons. The maximum atomic E-state index is 13.2. The van der Waals surface area contributed by atoms with Crippen LogP contribution in [0, 0.1) is 16.7 Å². The number of sulfonamides is 1. The Morgan fingerprint density at radius 1 is 1.10 bits per heavy atom. The smallest absolute Gasteiger partial charge is 0.354 e. The van der Waals surface area contributed by atoms with Gasteiger partial charge in [-0.3, -0.25) is 0 Å². The molecule has 3 aliphatic rings. The summed E-state index contributed by atoms with van der Waals surface area (Å²) in [6, 6.07) is 2.37. The minimum absolute atomic E-state index is 0.0615. The molecule has 1 aliphatic heterocycles. The van der Waals surface area contributed by atoms with Crippen LogP contribution in [0.3, 0.4) is 0 Å². The number of nitrogens with zero attached hydrogens (tertiary/aromatic N) is 3. The molecule has 9 heteroatoms. The number of halogens is 3. The summed E-state index contributed by atoms with van der Waals surface area (Å²) in [5, 5.41) is 0. The molecule has 0 aromatic carbocycles. The van der Waals surface area contributed by atoms with E-state index in [-0.39, 0.29) is 16.6 Å². The minimum Gasteiger partial charge on any atom is -0.354 e. The predicted octanol–water partition coefficient (Wildman–Crippen LogP) is 3.77. The largest absolute Gasteiger partial charge is 0.417 e. The molecule has 1 saturated heterocycles. The second-order valence-corrected chi connectivity index (χ2v) is 11.3. The molecule has 2 aliphatic carbocycles. The van der Waals surface area contributed by atoms with Crippen LogP contribution < -0.4 is 4.90 Å². The van der Waals surface area contributed by atoms with Crippen molar-refractivity contribution in [2.45, 2.75) is 45.7 Å². The molecule has 4 rings (SSSR count). The molecule has 1 aromatic heterocycles. The molecule has 0 atom stereocenters. The number of pyridine rings is 1. The van der Waals surface area contributed by atoms with Gasteiger partial charge in [0.15, 0.2) is 0 Å². The quantitative estimate of drug-likeness (QED) is 0.728. The van der Waals surface area contributed by atoms with Crippen LogP contribution in [-0.2, 0) is 16.2 Å². The third kappa shape index (κ3) is 3.54. The highest BCUT2D eigenvalue weighted by atomic mass is 32.2. The molecule has 2 saturated carbocycles. The van der Waals surface area contributed by atoms with Crippen LogP contribution in [0.15, 0.2) is 18.3 Å². The van der Waals surface area contributed by atoms with Crippen molar-refractivity contribution in [3.8, 4) is 0 Å². The Morgan fingerprint density at radius 2 is 1.72 bits per heavy atom. The standard InChI is InChI=1S/C20H28F3N3O2S/c1-18(2)15-5-7-19(18,8-6-15)14-29(27,28)26-11-9-25(10-12-26)17-4-3-16(13-24-17)20(21,22)23/h3-4,13,15H,5-12,14H2,1-2H3/t15-,19+. The molecule has 0 N–H and O–H groups in total. The Bertz CT molecular complexity index is 852. The number of rotatable bonds is 4. The SMILES string of the molecule is CC1(C)[C@H]2CC[C@]1(CS(=O)(=O)N1CCN(c3ccc(C(F)(F)F)cn3)CC1)CC2. The van der Waals surface area contributed by atoms with Gasteiger partial charge in [0.1, 0.15) is 5.82 Å². The molecule has 29 heavy (non-hydrogen) atoms. The molecular weight excluding hydrogens is 403 g/mol. The van der Waals surface area contributed by atoms with E-state index in [0.29, 0.717) is 37.9 Å². The van der Waals surface area contributed by atoms with Crippen molar-refractivity contribution in [3.05, 3.63) is 23.9 Å². The Morgan fingerprint density at radius 3 is 2.17 bits per heavy atom. The fourth-order valence-electron chi connectivity index (χ4n) is 5.68. The van der Waals surface area contributed by atoms with Crippen LogP contribution in [0.4, 0.5) is 19.0 Å². The molecule has 0 spiro atoms. The van der Waals surface area contributed by atoms with Crippen molar-refractivity contribution in [2.75, 3.05) is 36.8 Å². The number of hydrogen-bond donors (Lipinski definition) is 0. The first-order valence-electron chi connectivity index (χ1n) is 10.2. The van der Waals surface area contributed by atoms with Crippen molar-refractivity contribution in [3.63, 3.8) is 0 Å². The van der Waals surface area contributed by atoms with E-state index in [4.69, 9.17) is 0 Å². The first kappa shape index (κ1) is 20.9. The summed E-state index contributed by atoms with van der Waals surface area (Å²) < 4.78 is 66.0. The molecule has 1 aromatic rings. The Labute approximate surface area is 170 Å². The van der Waals surface area contributed by atoms with E-state index in [1.807, 2.05) is 4.90 Å². The number of anilines is 1. The second kappa shape index (κ2) is 6.83. The molecule has 5 nitrogen and oxygen atoms in total. The lowest BCUT2D eigenvalue weighted by Gasteiger charge is -2.41. The van der Waals surface area contributed by atoms with Gasteiger partial charge >= 0.3 is 6.18 Å². The van der Waals surface area contributed by atoms with E-state index < -0.39 is 21.8 Å². The van der Waals surface area contributed by atoms with E-state index in [0.717, 1.165) is 37.9 Å². The lowest BCUT2D eigenvalue weighted by Crippen LogP contribution is -2.51. The number of aromatic nitrogens is 1. The lowest BCUT2D eigenvalue weighted by atomic mass is 9.71. The van der Waals surface area contributed by atoms with E-state index in [2.05, 4.69) is 18.8 Å². The van der Waals surface area contributed by atoms with Gasteiger partial charge in [0.25, 0.3) is 0 Å². The minimum atomic E-state index is -4.41. The molecule has 0 unspecified atom stereocenters. The van der Waals surface area contributed by atoms with Gasteiger partial charge in [-0.25, -0.2) is 13.4 Å². The van der Waals surface area contributed by atoms with E-state index in [9.17, 15) is 21.6 Å². The van der Waals surface area contributed by atoms with Gasteiger partial charge in [0, 0.05) is 32.4 Å². The topological polar surface area (TPSA) is 53.5 Å². The predicted molar refractivity (Wildman–Crippen MR) is 105 cm³/mol. The van der Waals surface area contributed by atoms with Crippen LogP contribution in [0.1, 0.15) is 45.1 Å². The number of hydrogen-bond acceptors (Lipinski definition) is 4. The third-order valence-corrected chi connectivity index (χ3v) is 9.89. The normalized spacial score (nSPS) is 30.1. The molecule has 3 fully saturated rings. The van der Waals surface area contributed by atoms with Crippen molar-refractivity contribution in [1.29, 1.82) is 0 Å². The van der Waals surface area contributed by atoms with E-state index in [1.54, 1.807) is 4.31 Å². The Hall–Kier alpha value is -1.35. The summed E-state index contributed by atoms with van der Waals surface area (Å²) in [6.45, 7) is 5.98. The highest BCUT2D eigenvalue weighted by molar-refractivity contribution is 7.89. The maximum absolute atomic E-state index is 13.2. The molecule has 0 amide bonds. The summed E-state index contributed by atoms with van der Waals surface area (Å²) in [5.74, 6) is 1.28. The summed E-state index contributed by atoms with van der Waals surface area (Å²) in [4.78, 5) is 5.77. The van der Waals surface area contributed by atoms with Crippen molar-refractivity contribution in [1.82, 2.24) is 9.29 Å².